The molecular formula is C14H19N3O. The van der Waals surface area contributed by atoms with Gasteiger partial charge in [0.15, 0.2) is 0 Å². The second kappa shape index (κ2) is 3.90. The molecule has 4 nitrogen and oxygen atoms in total. The summed E-state index contributed by atoms with van der Waals surface area (Å²) < 4.78 is 0. The number of nitrogen functional groups attached to an aromatic ring is 1. The van der Waals surface area contributed by atoms with E-state index >= 15 is 0 Å². The molecule has 0 aromatic heterocycles. The van der Waals surface area contributed by atoms with Gasteiger partial charge in [-0.25, -0.2) is 0 Å². The van der Waals surface area contributed by atoms with Crippen LogP contribution in [0.2, 0.25) is 0 Å². The zero-order valence-electron chi connectivity index (χ0n) is 10.4. The molecule has 1 aromatic carbocycles. The molecule has 3 rings (SSSR count). The SMILES string of the molecule is NC(=O)c1cccc(NCC2(C3CC3)CC2)c1N. The third-order valence-corrected chi connectivity index (χ3v) is 4.34. The van der Waals surface area contributed by atoms with Gasteiger partial charge < -0.3 is 16.8 Å². The molecule has 96 valence electrons. The minimum Gasteiger partial charge on any atom is -0.396 e. The number of carbonyl (C=O) groups is 1. The molecule has 2 fully saturated rings. The number of hydrogen-bond donors (Lipinski definition) is 3. The van der Waals surface area contributed by atoms with Gasteiger partial charge in [-0.1, -0.05) is 6.07 Å². The Hall–Kier alpha value is -1.71. The van der Waals surface area contributed by atoms with Crippen LogP contribution in [0.1, 0.15) is 36.0 Å². The Kier molecular flexibility index (Phi) is 2.47. The zero-order chi connectivity index (χ0) is 12.8. The number of carbonyl (C=O) groups excluding carboxylic acids is 1. The first-order valence-electron chi connectivity index (χ1n) is 6.54. The van der Waals surface area contributed by atoms with Crippen molar-refractivity contribution < 1.29 is 4.79 Å². The molecule has 2 saturated carbocycles. The molecule has 0 radical (unpaired) electrons. The minimum atomic E-state index is -0.473. The molecular weight excluding hydrogens is 226 g/mol. The lowest BCUT2D eigenvalue weighted by Crippen LogP contribution is -2.19. The molecule has 2 aliphatic rings. The summed E-state index contributed by atoms with van der Waals surface area (Å²) in [5.41, 5.74) is 13.5. The highest BCUT2D eigenvalue weighted by Gasteiger charge is 2.53. The molecule has 0 unspecified atom stereocenters. The highest BCUT2D eigenvalue weighted by atomic mass is 16.1. The van der Waals surface area contributed by atoms with E-state index < -0.39 is 5.91 Å². The molecule has 2 aliphatic carbocycles. The maximum atomic E-state index is 11.2. The summed E-state index contributed by atoms with van der Waals surface area (Å²) in [6.07, 6.45) is 5.39. The molecule has 1 aromatic rings. The van der Waals surface area contributed by atoms with E-state index in [0.29, 0.717) is 16.7 Å². The fraction of sp³-hybridized carbons (Fsp3) is 0.500. The second-order valence-corrected chi connectivity index (χ2v) is 5.62. The van der Waals surface area contributed by atoms with Crippen LogP contribution >= 0.6 is 0 Å². The van der Waals surface area contributed by atoms with Crippen molar-refractivity contribution in [2.45, 2.75) is 25.7 Å². The highest BCUT2D eigenvalue weighted by Crippen LogP contribution is 2.61. The molecule has 0 heterocycles. The van der Waals surface area contributed by atoms with Gasteiger partial charge in [0.1, 0.15) is 0 Å². The first-order valence-corrected chi connectivity index (χ1v) is 6.54. The summed E-state index contributed by atoms with van der Waals surface area (Å²) in [6, 6.07) is 5.39. The van der Waals surface area contributed by atoms with Crippen molar-refractivity contribution in [2.75, 3.05) is 17.6 Å². The van der Waals surface area contributed by atoms with Gasteiger partial charge in [-0.05, 0) is 49.1 Å². The second-order valence-electron chi connectivity index (χ2n) is 5.62. The molecule has 1 amide bonds. The third-order valence-electron chi connectivity index (χ3n) is 4.34. The fourth-order valence-electron chi connectivity index (χ4n) is 2.79. The van der Waals surface area contributed by atoms with Crippen LogP contribution in [0.5, 0.6) is 0 Å². The van der Waals surface area contributed by atoms with Crippen molar-refractivity contribution >= 4 is 17.3 Å². The monoisotopic (exact) mass is 245 g/mol. The Morgan fingerprint density at radius 3 is 2.67 bits per heavy atom. The first kappa shape index (κ1) is 11.4. The number of primary amides is 1. The largest absolute Gasteiger partial charge is 0.396 e. The van der Waals surface area contributed by atoms with Crippen LogP contribution in [0.4, 0.5) is 11.4 Å². The Morgan fingerprint density at radius 1 is 1.39 bits per heavy atom. The summed E-state index contributed by atoms with van der Waals surface area (Å²) in [6.45, 7) is 0.962. The van der Waals surface area contributed by atoms with Gasteiger partial charge in [0.2, 0.25) is 0 Å². The number of para-hydroxylation sites is 1. The predicted octanol–water partition coefficient (Wildman–Crippen LogP) is 1.97. The first-order chi connectivity index (χ1) is 8.62. The van der Waals surface area contributed by atoms with E-state index in [1.807, 2.05) is 12.1 Å². The van der Waals surface area contributed by atoms with Crippen LogP contribution < -0.4 is 16.8 Å². The lowest BCUT2D eigenvalue weighted by Gasteiger charge is -2.17. The van der Waals surface area contributed by atoms with E-state index in [2.05, 4.69) is 5.32 Å². The summed E-state index contributed by atoms with van der Waals surface area (Å²) in [5.74, 6) is 0.435. The molecule has 4 heteroatoms. The van der Waals surface area contributed by atoms with Crippen LogP contribution in [0, 0.1) is 11.3 Å². The summed E-state index contributed by atoms with van der Waals surface area (Å²) in [7, 11) is 0. The molecule has 18 heavy (non-hydrogen) atoms. The van der Waals surface area contributed by atoms with Crippen molar-refractivity contribution in [3.05, 3.63) is 23.8 Å². The number of hydrogen-bond acceptors (Lipinski definition) is 3. The topological polar surface area (TPSA) is 81.1 Å². The van der Waals surface area contributed by atoms with Crippen LogP contribution in [-0.2, 0) is 0 Å². The van der Waals surface area contributed by atoms with E-state index in [0.717, 1.165) is 18.2 Å². The quantitative estimate of drug-likeness (QED) is 0.694. The standard InChI is InChI=1S/C14H19N3O/c15-12-10(13(16)18)2-1-3-11(12)17-8-14(6-7-14)9-4-5-9/h1-3,9,17H,4-8,15H2,(H2,16,18). The Labute approximate surface area is 107 Å². The summed E-state index contributed by atoms with van der Waals surface area (Å²) in [5, 5.41) is 3.40. The van der Waals surface area contributed by atoms with E-state index in [9.17, 15) is 4.79 Å². The maximum absolute atomic E-state index is 11.2. The van der Waals surface area contributed by atoms with Gasteiger partial charge in [0.05, 0.1) is 16.9 Å². The average Bonchev–Trinajstić information content (AvgIpc) is 3.19. The van der Waals surface area contributed by atoms with Crippen LogP contribution in [-0.4, -0.2) is 12.5 Å². The lowest BCUT2D eigenvalue weighted by molar-refractivity contribution is 0.100. The van der Waals surface area contributed by atoms with Crippen molar-refractivity contribution in [1.29, 1.82) is 0 Å². The van der Waals surface area contributed by atoms with Gasteiger partial charge >= 0.3 is 0 Å². The number of nitrogens with two attached hydrogens (primary N) is 2. The number of anilines is 2. The Morgan fingerprint density at radius 2 is 2.11 bits per heavy atom. The number of benzene rings is 1. The third kappa shape index (κ3) is 1.92. The summed E-state index contributed by atoms with van der Waals surface area (Å²) in [4.78, 5) is 11.2. The predicted molar refractivity (Wildman–Crippen MR) is 72.3 cm³/mol. The van der Waals surface area contributed by atoms with Gasteiger partial charge in [0, 0.05) is 6.54 Å². The number of amides is 1. The summed E-state index contributed by atoms with van der Waals surface area (Å²) >= 11 is 0. The highest BCUT2D eigenvalue weighted by molar-refractivity contribution is 6.00. The smallest absolute Gasteiger partial charge is 0.250 e. The van der Waals surface area contributed by atoms with Crippen LogP contribution in [0.25, 0.3) is 0 Å². The molecule has 0 aliphatic heterocycles. The zero-order valence-corrected chi connectivity index (χ0v) is 10.4. The molecule has 0 spiro atoms. The van der Waals surface area contributed by atoms with Crippen molar-refractivity contribution in [2.24, 2.45) is 17.1 Å². The maximum Gasteiger partial charge on any atom is 0.250 e. The molecule has 5 N–H and O–H groups in total. The number of rotatable bonds is 5. The average molecular weight is 245 g/mol. The van der Waals surface area contributed by atoms with Gasteiger partial charge in [-0.3, -0.25) is 4.79 Å². The Balaban J connectivity index is 1.72. The minimum absolute atomic E-state index is 0.399. The van der Waals surface area contributed by atoms with Gasteiger partial charge in [-0.15, -0.1) is 0 Å². The molecule has 0 bridgehead atoms. The van der Waals surface area contributed by atoms with E-state index in [-0.39, 0.29) is 0 Å². The molecule has 0 atom stereocenters. The van der Waals surface area contributed by atoms with Crippen molar-refractivity contribution in [3.8, 4) is 0 Å². The normalized spacial score (nSPS) is 20.4. The van der Waals surface area contributed by atoms with Crippen molar-refractivity contribution in [1.82, 2.24) is 0 Å². The van der Waals surface area contributed by atoms with E-state index in [1.165, 1.54) is 25.7 Å². The van der Waals surface area contributed by atoms with E-state index in [1.54, 1.807) is 6.07 Å². The van der Waals surface area contributed by atoms with Gasteiger partial charge in [-0.2, -0.15) is 0 Å². The van der Waals surface area contributed by atoms with Crippen LogP contribution in [0.15, 0.2) is 18.2 Å². The van der Waals surface area contributed by atoms with Crippen LogP contribution in [0.3, 0.4) is 0 Å². The van der Waals surface area contributed by atoms with Gasteiger partial charge in [0.25, 0.3) is 5.91 Å². The fourth-order valence-corrected chi connectivity index (χ4v) is 2.79. The van der Waals surface area contributed by atoms with Crippen molar-refractivity contribution in [3.63, 3.8) is 0 Å². The Bertz CT molecular complexity index is 490. The number of nitrogens with one attached hydrogen (secondary N) is 1. The molecule has 0 saturated heterocycles. The van der Waals surface area contributed by atoms with E-state index in [4.69, 9.17) is 11.5 Å². The lowest BCUT2D eigenvalue weighted by atomic mass is 10.0.